The number of rotatable bonds is 2. The van der Waals surface area contributed by atoms with E-state index < -0.39 is 76.2 Å². The molecule has 0 aromatic heterocycles. The maximum Gasteiger partial charge on any atom is 0.416 e. The molecule has 1 saturated heterocycles. The van der Waals surface area contributed by atoms with Crippen LogP contribution in [0.4, 0.5) is 32.0 Å². The van der Waals surface area contributed by atoms with Crippen molar-refractivity contribution in [2.75, 3.05) is 4.90 Å². The lowest BCUT2D eigenvalue weighted by atomic mass is 9.59. The number of ketones is 2. The third-order valence-corrected chi connectivity index (χ3v) is 8.60. The first kappa shape index (κ1) is 28.6. The van der Waals surface area contributed by atoms with Gasteiger partial charge in [0.1, 0.15) is 5.75 Å². The number of Topliss-reactive ketones (excluding diaryl/α,β-unsaturated/α-hetero) is 1. The summed E-state index contributed by atoms with van der Waals surface area (Å²) in [6.07, 6.45) is -7.76. The summed E-state index contributed by atoms with van der Waals surface area (Å²) in [6, 6.07) is 6.57. The largest absolute Gasteiger partial charge is 0.508 e. The second-order valence-electron chi connectivity index (χ2n) is 11.1. The molecule has 1 heterocycles. The van der Waals surface area contributed by atoms with Crippen LogP contribution in [0.2, 0.25) is 0 Å². The van der Waals surface area contributed by atoms with E-state index in [9.17, 15) is 50.6 Å². The van der Waals surface area contributed by atoms with Gasteiger partial charge in [0.15, 0.2) is 11.6 Å². The predicted octanol–water partition coefficient (Wildman–Crippen LogP) is 6.06. The van der Waals surface area contributed by atoms with Gasteiger partial charge in [-0.05, 0) is 67.7 Å². The number of halogens is 6. The van der Waals surface area contributed by atoms with E-state index in [4.69, 9.17) is 0 Å². The average molecular weight is 601 g/mol. The van der Waals surface area contributed by atoms with E-state index in [-0.39, 0.29) is 41.4 Å². The van der Waals surface area contributed by atoms with Crippen molar-refractivity contribution < 1.29 is 50.6 Å². The van der Waals surface area contributed by atoms with E-state index in [2.05, 4.69) is 0 Å². The molecule has 2 aromatic carbocycles. The Labute approximate surface area is 240 Å². The van der Waals surface area contributed by atoms with E-state index in [1.54, 1.807) is 12.1 Å². The summed E-state index contributed by atoms with van der Waals surface area (Å²) < 4.78 is 81.4. The smallest absolute Gasteiger partial charge is 0.416 e. The molecular weight excluding hydrogens is 580 g/mol. The fourth-order valence-electron chi connectivity index (χ4n) is 6.77. The zero-order chi connectivity index (χ0) is 31.2. The van der Waals surface area contributed by atoms with E-state index in [1.165, 1.54) is 31.2 Å². The lowest BCUT2D eigenvalue weighted by Gasteiger charge is -2.42. The third kappa shape index (κ3) is 4.50. The van der Waals surface area contributed by atoms with Crippen LogP contribution in [0.5, 0.6) is 5.75 Å². The van der Waals surface area contributed by atoms with Gasteiger partial charge in [0.25, 0.3) is 0 Å². The number of phenolic OH excluding ortho intramolecular Hbond substituents is 1. The van der Waals surface area contributed by atoms with E-state index >= 15 is 0 Å². The molecule has 1 N–H and O–H groups in total. The van der Waals surface area contributed by atoms with Crippen LogP contribution >= 0.6 is 0 Å². The highest BCUT2D eigenvalue weighted by atomic mass is 19.4. The number of imide groups is 1. The number of nitrogens with zero attached hydrogens (tertiary/aromatic N) is 1. The fourth-order valence-corrected chi connectivity index (χ4v) is 6.77. The number of fused-ring (bicyclic) bond motifs is 3. The van der Waals surface area contributed by atoms with Crippen molar-refractivity contribution in [3.8, 4) is 5.75 Å². The zero-order valence-corrected chi connectivity index (χ0v) is 22.2. The van der Waals surface area contributed by atoms with Crippen LogP contribution in [-0.2, 0) is 31.5 Å². The molecule has 6 nitrogen and oxygen atoms in total. The van der Waals surface area contributed by atoms with Crippen LogP contribution < -0.4 is 4.90 Å². The van der Waals surface area contributed by atoms with Gasteiger partial charge in [0.2, 0.25) is 11.8 Å². The first-order valence-electron chi connectivity index (χ1n) is 13.2. The quantitative estimate of drug-likeness (QED) is 0.196. The number of hydrogen-bond acceptors (Lipinski definition) is 5. The Morgan fingerprint density at radius 1 is 0.860 bits per heavy atom. The summed E-state index contributed by atoms with van der Waals surface area (Å²) in [5, 5.41) is 10.2. The molecule has 12 heteroatoms. The first-order chi connectivity index (χ1) is 20.1. The molecule has 6 rings (SSSR count). The van der Waals surface area contributed by atoms with Gasteiger partial charge in [-0.15, -0.1) is 0 Å². The molecule has 2 aromatic rings. The average Bonchev–Trinajstić information content (AvgIpc) is 3.19. The maximum absolute atomic E-state index is 13.9. The molecule has 0 unspecified atom stereocenters. The van der Waals surface area contributed by atoms with Crippen molar-refractivity contribution in [1.29, 1.82) is 0 Å². The summed E-state index contributed by atoms with van der Waals surface area (Å²) in [4.78, 5) is 54.3. The molecule has 43 heavy (non-hydrogen) atoms. The van der Waals surface area contributed by atoms with Crippen molar-refractivity contribution in [2.45, 2.75) is 38.0 Å². The van der Waals surface area contributed by atoms with Crippen molar-refractivity contribution >= 4 is 29.1 Å². The molecule has 1 aliphatic heterocycles. The van der Waals surface area contributed by atoms with Crippen molar-refractivity contribution in [3.05, 3.63) is 93.6 Å². The maximum atomic E-state index is 13.9. The number of amides is 2. The van der Waals surface area contributed by atoms with Gasteiger partial charge in [0.05, 0.1) is 28.7 Å². The summed E-state index contributed by atoms with van der Waals surface area (Å²) >= 11 is 0. The highest BCUT2D eigenvalue weighted by Gasteiger charge is 2.57. The van der Waals surface area contributed by atoms with Gasteiger partial charge < -0.3 is 5.11 Å². The summed E-state index contributed by atoms with van der Waals surface area (Å²) in [5.74, 6) is -6.98. The Hall–Kier alpha value is -4.48. The Morgan fingerprint density at radius 3 is 2.12 bits per heavy atom. The lowest BCUT2D eigenvalue weighted by molar-refractivity contribution is -0.143. The molecule has 4 aliphatic rings. The van der Waals surface area contributed by atoms with Gasteiger partial charge in [-0.25, -0.2) is 4.90 Å². The zero-order valence-electron chi connectivity index (χ0n) is 22.2. The van der Waals surface area contributed by atoms with Crippen LogP contribution in [0.1, 0.15) is 42.4 Å². The Kier molecular flexibility index (Phi) is 6.34. The second kappa shape index (κ2) is 9.51. The molecular formula is C31H21F6NO5. The molecule has 0 radical (unpaired) electrons. The standard InChI is InChI=1S/C31H21F6NO5/c1-13-7-23(40)22-12-21-19(24(26(22)27(13)41)14-3-2-4-18(39)8-14)5-6-20-25(21)29(43)38(28(20)42)17-10-15(30(32,33)34)9-16(11-17)31(35,36)37/h2-5,7-11,20-21,24-25,39H,6,12H2,1H3/t20-,21+,24-,25-/m0/s1. The van der Waals surface area contributed by atoms with Gasteiger partial charge in [-0.1, -0.05) is 23.8 Å². The van der Waals surface area contributed by atoms with Crippen LogP contribution in [0.25, 0.3) is 0 Å². The first-order valence-corrected chi connectivity index (χ1v) is 13.2. The Morgan fingerprint density at radius 2 is 1.51 bits per heavy atom. The minimum absolute atomic E-state index is 0.0719. The summed E-state index contributed by atoms with van der Waals surface area (Å²) in [7, 11) is 0. The molecule has 0 saturated carbocycles. The number of aromatic hydroxyl groups is 1. The van der Waals surface area contributed by atoms with Gasteiger partial charge in [0, 0.05) is 22.6 Å². The molecule has 0 spiro atoms. The lowest BCUT2D eigenvalue weighted by Crippen LogP contribution is -2.39. The minimum Gasteiger partial charge on any atom is -0.508 e. The van der Waals surface area contributed by atoms with Gasteiger partial charge in [-0.2, -0.15) is 26.3 Å². The monoisotopic (exact) mass is 601 g/mol. The number of carbonyl (C=O) groups excluding carboxylic acids is 4. The summed E-state index contributed by atoms with van der Waals surface area (Å²) in [6.45, 7) is 1.49. The molecule has 4 atom stereocenters. The predicted molar refractivity (Wildman–Crippen MR) is 138 cm³/mol. The molecule has 0 bridgehead atoms. The highest BCUT2D eigenvalue weighted by molar-refractivity contribution is 6.25. The third-order valence-electron chi connectivity index (χ3n) is 8.60. The molecule has 1 fully saturated rings. The Bertz CT molecular complexity index is 1700. The normalized spacial score (nSPS) is 25.8. The number of alkyl halides is 6. The summed E-state index contributed by atoms with van der Waals surface area (Å²) in [5.41, 5.74) is -2.74. The van der Waals surface area contributed by atoms with Crippen LogP contribution in [-0.4, -0.2) is 28.5 Å². The van der Waals surface area contributed by atoms with E-state index in [0.717, 1.165) is 0 Å². The Balaban J connectivity index is 1.47. The van der Waals surface area contributed by atoms with E-state index in [1.807, 2.05) is 0 Å². The topological polar surface area (TPSA) is 91.8 Å². The van der Waals surface area contributed by atoms with Crippen molar-refractivity contribution in [3.63, 3.8) is 0 Å². The van der Waals surface area contributed by atoms with Crippen LogP contribution in [0, 0.1) is 17.8 Å². The minimum atomic E-state index is -5.19. The number of anilines is 1. The fraction of sp³-hybridized carbons (Fsp3) is 0.290. The van der Waals surface area contributed by atoms with Crippen LogP contribution in [0.15, 0.2) is 76.9 Å². The van der Waals surface area contributed by atoms with Gasteiger partial charge >= 0.3 is 12.4 Å². The van der Waals surface area contributed by atoms with Crippen molar-refractivity contribution in [2.24, 2.45) is 17.8 Å². The molecule has 3 aliphatic carbocycles. The number of phenols is 1. The van der Waals surface area contributed by atoms with Crippen molar-refractivity contribution in [1.82, 2.24) is 0 Å². The molecule has 222 valence electrons. The highest BCUT2D eigenvalue weighted by Crippen LogP contribution is 2.56. The number of allylic oxidation sites excluding steroid dienone is 6. The second-order valence-corrected chi connectivity index (χ2v) is 11.1. The SMILES string of the molecule is CC1=CC(=O)C2=C(C1=O)[C@@H](c1cccc(O)c1)C1=CC[C@@H]3C(=O)N(c4cc(C(F)(F)F)cc(C(F)(F)F)c4)C(=O)[C@@H]3[C@@H]1C2. The number of carbonyl (C=O) groups is 4. The van der Waals surface area contributed by atoms with Crippen LogP contribution in [0.3, 0.4) is 0 Å². The molecule has 2 amide bonds. The number of benzene rings is 2. The van der Waals surface area contributed by atoms with E-state index in [0.29, 0.717) is 28.2 Å². The number of hydrogen-bond donors (Lipinski definition) is 1. The van der Waals surface area contributed by atoms with Gasteiger partial charge in [-0.3, -0.25) is 19.2 Å².